The second kappa shape index (κ2) is 10.8. The normalized spacial score (nSPS) is 14.1. The van der Waals surface area contributed by atoms with E-state index in [-0.39, 0.29) is 37.3 Å². The lowest BCUT2D eigenvalue weighted by atomic mass is 9.74. The number of nitrogens with one attached hydrogen (secondary N) is 2. The van der Waals surface area contributed by atoms with Crippen LogP contribution in [-0.4, -0.2) is 30.8 Å². The fourth-order valence-corrected chi connectivity index (χ4v) is 3.53. The van der Waals surface area contributed by atoms with Gasteiger partial charge < -0.3 is 20.5 Å². The Hall–Kier alpha value is -1.57. The number of rotatable bonds is 9. The van der Waals surface area contributed by atoms with E-state index in [0.29, 0.717) is 10.7 Å². The number of urea groups is 1. The Kier molecular flexibility index (Phi) is 9.47. The average Bonchev–Trinajstić information content (AvgIpc) is 2.61. The maximum absolute atomic E-state index is 12.6. The zero-order valence-corrected chi connectivity index (χ0v) is 19.0. The highest BCUT2D eigenvalue weighted by Gasteiger charge is 2.39. The summed E-state index contributed by atoms with van der Waals surface area (Å²) >= 11 is 9.62. The number of halogens is 2. The molecule has 0 radical (unpaired) electrons. The number of aliphatic hydroxyl groups excluding tert-OH is 1. The quantitative estimate of drug-likeness (QED) is 0.463. The van der Waals surface area contributed by atoms with Crippen LogP contribution >= 0.6 is 27.5 Å². The van der Waals surface area contributed by atoms with Gasteiger partial charge in [0.05, 0.1) is 24.1 Å². The van der Waals surface area contributed by atoms with Crippen LogP contribution in [0.3, 0.4) is 0 Å². The monoisotopic (exact) mass is 474 g/mol. The Morgan fingerprint density at radius 1 is 1.36 bits per heavy atom. The molecule has 1 aromatic carbocycles. The zero-order valence-electron chi connectivity index (χ0n) is 16.6. The lowest BCUT2D eigenvalue weighted by molar-refractivity contribution is -0.140. The Bertz CT molecular complexity index is 726. The van der Waals surface area contributed by atoms with Crippen LogP contribution in [-0.2, 0) is 15.1 Å². The van der Waals surface area contributed by atoms with Gasteiger partial charge in [-0.05, 0) is 52.9 Å². The van der Waals surface area contributed by atoms with Crippen molar-refractivity contribution in [3.8, 4) is 0 Å². The van der Waals surface area contributed by atoms with E-state index in [1.54, 1.807) is 12.1 Å². The van der Waals surface area contributed by atoms with Gasteiger partial charge in [-0.15, -0.1) is 0 Å². The Labute approximate surface area is 179 Å². The first-order valence-corrected chi connectivity index (χ1v) is 10.1. The predicted octanol–water partition coefficient (Wildman–Crippen LogP) is 4.35. The van der Waals surface area contributed by atoms with E-state index in [9.17, 15) is 14.7 Å². The fraction of sp³-hybridized carbons (Fsp3) is 0.500. The third-order valence-corrected chi connectivity index (χ3v) is 6.02. The second-order valence-corrected chi connectivity index (χ2v) is 8.38. The van der Waals surface area contributed by atoms with Gasteiger partial charge in [0.25, 0.3) is 0 Å². The molecular formula is C20H28BrClN2O4. The second-order valence-electron chi connectivity index (χ2n) is 7.12. The SMILES string of the molecule is C=C(CCC(=O)OC)NC(=O)N[C@@](C)(c1ccc(Br)c(Cl)c1)C(CO)C(C)C. The van der Waals surface area contributed by atoms with E-state index in [0.717, 1.165) is 10.0 Å². The molecule has 1 unspecified atom stereocenters. The van der Waals surface area contributed by atoms with Crippen LogP contribution in [0.4, 0.5) is 4.79 Å². The number of esters is 1. The molecule has 2 amide bonds. The number of allylic oxidation sites excluding steroid dienone is 1. The summed E-state index contributed by atoms with van der Waals surface area (Å²) in [4.78, 5) is 23.9. The molecule has 0 aliphatic rings. The number of methoxy groups -OCH3 is 1. The van der Waals surface area contributed by atoms with Crippen molar-refractivity contribution in [3.05, 3.63) is 45.5 Å². The van der Waals surface area contributed by atoms with E-state index >= 15 is 0 Å². The van der Waals surface area contributed by atoms with Gasteiger partial charge in [0.1, 0.15) is 0 Å². The standard InChI is InChI=1S/C20H28BrClN2O4/c1-12(2)15(11-25)20(4,14-7-8-16(21)17(22)10-14)24-19(27)23-13(3)6-9-18(26)28-5/h7-8,10,12,15,25H,3,6,9,11H2,1-2,4-5H3,(H2,23,24,27)/t15?,20-/m0/s1. The molecule has 0 saturated carbocycles. The molecule has 2 atom stereocenters. The molecule has 0 aliphatic carbocycles. The number of aliphatic hydroxyl groups is 1. The molecule has 3 N–H and O–H groups in total. The van der Waals surface area contributed by atoms with Gasteiger partial charge in [-0.1, -0.05) is 38.1 Å². The first kappa shape index (κ1) is 24.5. The van der Waals surface area contributed by atoms with Crippen LogP contribution in [0.25, 0.3) is 0 Å². The van der Waals surface area contributed by atoms with Crippen molar-refractivity contribution < 1.29 is 19.4 Å². The van der Waals surface area contributed by atoms with Crippen LogP contribution in [0.1, 0.15) is 39.2 Å². The molecule has 156 valence electrons. The summed E-state index contributed by atoms with van der Waals surface area (Å²) in [6.45, 7) is 9.47. The lowest BCUT2D eigenvalue weighted by Crippen LogP contribution is -2.54. The minimum atomic E-state index is -0.889. The number of hydrogen-bond acceptors (Lipinski definition) is 4. The molecule has 28 heavy (non-hydrogen) atoms. The summed E-state index contributed by atoms with van der Waals surface area (Å²) in [7, 11) is 1.31. The van der Waals surface area contributed by atoms with E-state index < -0.39 is 11.6 Å². The van der Waals surface area contributed by atoms with Crippen LogP contribution in [0.2, 0.25) is 5.02 Å². The fourth-order valence-electron chi connectivity index (χ4n) is 3.10. The molecule has 0 aromatic heterocycles. The molecule has 1 rings (SSSR count). The van der Waals surface area contributed by atoms with E-state index in [4.69, 9.17) is 11.6 Å². The minimum Gasteiger partial charge on any atom is -0.469 e. The van der Waals surface area contributed by atoms with Crippen molar-refractivity contribution in [2.75, 3.05) is 13.7 Å². The number of ether oxygens (including phenoxy) is 1. The van der Waals surface area contributed by atoms with Crippen molar-refractivity contribution in [2.45, 2.75) is 39.2 Å². The smallest absolute Gasteiger partial charge is 0.319 e. The lowest BCUT2D eigenvalue weighted by Gasteiger charge is -2.40. The largest absolute Gasteiger partial charge is 0.469 e. The van der Waals surface area contributed by atoms with Crippen LogP contribution in [0, 0.1) is 11.8 Å². The molecule has 0 saturated heterocycles. The zero-order chi connectivity index (χ0) is 21.5. The van der Waals surface area contributed by atoms with Crippen LogP contribution < -0.4 is 10.6 Å². The highest BCUT2D eigenvalue weighted by Crippen LogP contribution is 2.37. The van der Waals surface area contributed by atoms with E-state index in [1.165, 1.54) is 7.11 Å². The summed E-state index contributed by atoms with van der Waals surface area (Å²) in [6.07, 6.45) is 0.398. The Balaban J connectivity index is 3.06. The molecule has 0 aliphatic heterocycles. The first-order valence-electron chi connectivity index (χ1n) is 8.95. The van der Waals surface area contributed by atoms with Crippen LogP contribution in [0.15, 0.2) is 34.9 Å². The first-order chi connectivity index (χ1) is 13.0. The third-order valence-electron chi connectivity index (χ3n) is 4.78. The molecule has 0 spiro atoms. The van der Waals surface area contributed by atoms with Gasteiger partial charge in [0, 0.05) is 22.7 Å². The predicted molar refractivity (Wildman–Crippen MR) is 114 cm³/mol. The van der Waals surface area contributed by atoms with Gasteiger partial charge in [0.2, 0.25) is 0 Å². The minimum absolute atomic E-state index is 0.0836. The van der Waals surface area contributed by atoms with Crippen molar-refractivity contribution in [1.82, 2.24) is 10.6 Å². The summed E-state index contributed by atoms with van der Waals surface area (Å²) in [6, 6.07) is 4.95. The van der Waals surface area contributed by atoms with E-state index in [2.05, 4.69) is 37.9 Å². The topological polar surface area (TPSA) is 87.7 Å². The maximum atomic E-state index is 12.6. The van der Waals surface area contributed by atoms with Gasteiger partial charge in [0.15, 0.2) is 0 Å². The third kappa shape index (κ3) is 6.50. The van der Waals surface area contributed by atoms with Crippen molar-refractivity contribution in [1.29, 1.82) is 0 Å². The average molecular weight is 476 g/mol. The van der Waals surface area contributed by atoms with Crippen molar-refractivity contribution >= 4 is 39.5 Å². The molecule has 8 heteroatoms. The summed E-state index contributed by atoms with van der Waals surface area (Å²) in [5.41, 5.74) is 0.271. The Morgan fingerprint density at radius 3 is 2.50 bits per heavy atom. The van der Waals surface area contributed by atoms with Crippen LogP contribution in [0.5, 0.6) is 0 Å². The highest BCUT2D eigenvalue weighted by atomic mass is 79.9. The molecule has 0 bridgehead atoms. The molecule has 6 nitrogen and oxygen atoms in total. The highest BCUT2D eigenvalue weighted by molar-refractivity contribution is 9.10. The summed E-state index contributed by atoms with van der Waals surface area (Å²) in [5.74, 6) is -0.558. The van der Waals surface area contributed by atoms with Crippen molar-refractivity contribution in [2.24, 2.45) is 11.8 Å². The number of carbonyl (C=O) groups is 2. The number of hydrogen-bond donors (Lipinski definition) is 3. The summed E-state index contributed by atoms with van der Waals surface area (Å²) < 4.78 is 5.33. The summed E-state index contributed by atoms with van der Waals surface area (Å²) in [5, 5.41) is 16.1. The van der Waals surface area contributed by atoms with E-state index in [1.807, 2.05) is 26.8 Å². The molecule has 0 heterocycles. The van der Waals surface area contributed by atoms with Gasteiger partial charge in [-0.25, -0.2) is 4.79 Å². The van der Waals surface area contributed by atoms with Crippen molar-refractivity contribution in [3.63, 3.8) is 0 Å². The van der Waals surface area contributed by atoms with Gasteiger partial charge >= 0.3 is 12.0 Å². The maximum Gasteiger partial charge on any atom is 0.319 e. The van der Waals surface area contributed by atoms with Gasteiger partial charge in [-0.3, -0.25) is 4.79 Å². The molecule has 0 fully saturated rings. The number of amides is 2. The number of carbonyl (C=O) groups excluding carboxylic acids is 2. The molecular weight excluding hydrogens is 448 g/mol. The Morgan fingerprint density at radius 2 is 2.00 bits per heavy atom. The van der Waals surface area contributed by atoms with Gasteiger partial charge in [-0.2, -0.15) is 0 Å². The number of benzene rings is 1. The molecule has 1 aromatic rings.